The van der Waals surface area contributed by atoms with E-state index in [1.54, 1.807) is 0 Å². The highest BCUT2D eigenvalue weighted by Crippen LogP contribution is 2.27. The highest BCUT2D eigenvalue weighted by molar-refractivity contribution is 6.33. The minimum absolute atomic E-state index is 0.258. The molecule has 0 spiro atoms. The first-order valence-corrected chi connectivity index (χ1v) is 6.64. The molecule has 0 aromatic heterocycles. The van der Waals surface area contributed by atoms with Crippen LogP contribution in [0.5, 0.6) is 0 Å². The fourth-order valence-corrected chi connectivity index (χ4v) is 2.19. The normalized spacial score (nSPS) is 12.4. The van der Waals surface area contributed by atoms with Crippen molar-refractivity contribution >= 4 is 11.6 Å². The van der Waals surface area contributed by atoms with E-state index >= 15 is 0 Å². The van der Waals surface area contributed by atoms with Gasteiger partial charge in [0.15, 0.2) is 0 Å². The maximum atomic E-state index is 6.18. The SMILES string of the molecule is CC(N)CCc1ccc(-c2ccccc2Cl)cc1. The van der Waals surface area contributed by atoms with Gasteiger partial charge in [-0.05, 0) is 37.0 Å². The van der Waals surface area contributed by atoms with Crippen molar-refractivity contribution in [2.75, 3.05) is 0 Å². The summed E-state index contributed by atoms with van der Waals surface area (Å²) in [6, 6.07) is 16.7. The smallest absolute Gasteiger partial charge is 0.0484 e. The highest BCUT2D eigenvalue weighted by Gasteiger charge is 2.02. The highest BCUT2D eigenvalue weighted by atomic mass is 35.5. The minimum atomic E-state index is 0.258. The summed E-state index contributed by atoms with van der Waals surface area (Å²) in [5, 5.41) is 0.792. The first-order chi connectivity index (χ1) is 8.66. The lowest BCUT2D eigenvalue weighted by molar-refractivity contribution is 0.666. The van der Waals surface area contributed by atoms with Gasteiger partial charge in [0.25, 0.3) is 0 Å². The van der Waals surface area contributed by atoms with Crippen LogP contribution in [0.15, 0.2) is 48.5 Å². The molecule has 0 saturated heterocycles. The molecule has 94 valence electrons. The predicted octanol–water partition coefficient (Wildman–Crippen LogP) is 4.29. The molecule has 0 aliphatic carbocycles. The van der Waals surface area contributed by atoms with Crippen molar-refractivity contribution in [3.63, 3.8) is 0 Å². The van der Waals surface area contributed by atoms with Crippen LogP contribution in [-0.2, 0) is 6.42 Å². The molecule has 2 rings (SSSR count). The number of benzene rings is 2. The molecule has 2 heteroatoms. The van der Waals surface area contributed by atoms with E-state index in [4.69, 9.17) is 17.3 Å². The molecule has 1 unspecified atom stereocenters. The quantitative estimate of drug-likeness (QED) is 0.871. The second-order valence-corrected chi connectivity index (χ2v) is 5.10. The summed E-state index contributed by atoms with van der Waals surface area (Å²) in [7, 11) is 0. The van der Waals surface area contributed by atoms with Crippen molar-refractivity contribution in [1.29, 1.82) is 0 Å². The summed E-state index contributed by atoms with van der Waals surface area (Å²) in [6.07, 6.45) is 2.05. The Morgan fingerprint density at radius 2 is 1.72 bits per heavy atom. The molecule has 18 heavy (non-hydrogen) atoms. The molecule has 0 bridgehead atoms. The van der Waals surface area contributed by atoms with Crippen molar-refractivity contribution in [1.82, 2.24) is 0 Å². The zero-order chi connectivity index (χ0) is 13.0. The van der Waals surface area contributed by atoms with Crippen LogP contribution >= 0.6 is 11.6 Å². The van der Waals surface area contributed by atoms with E-state index < -0.39 is 0 Å². The van der Waals surface area contributed by atoms with Crippen molar-refractivity contribution in [2.24, 2.45) is 5.73 Å². The van der Waals surface area contributed by atoms with Crippen molar-refractivity contribution in [3.05, 3.63) is 59.1 Å². The average Bonchev–Trinajstić information content (AvgIpc) is 2.38. The van der Waals surface area contributed by atoms with E-state index in [-0.39, 0.29) is 6.04 Å². The maximum Gasteiger partial charge on any atom is 0.0484 e. The summed E-state index contributed by atoms with van der Waals surface area (Å²) >= 11 is 6.18. The molecule has 2 aromatic rings. The molecular weight excluding hydrogens is 242 g/mol. The van der Waals surface area contributed by atoms with Gasteiger partial charge in [0, 0.05) is 16.6 Å². The molecular formula is C16H18ClN. The number of rotatable bonds is 4. The topological polar surface area (TPSA) is 26.0 Å². The van der Waals surface area contributed by atoms with Gasteiger partial charge in [-0.15, -0.1) is 0 Å². The zero-order valence-electron chi connectivity index (χ0n) is 10.6. The second kappa shape index (κ2) is 6.03. The minimum Gasteiger partial charge on any atom is -0.328 e. The standard InChI is InChI=1S/C16H18ClN/c1-12(18)6-7-13-8-10-14(11-9-13)15-4-2-3-5-16(15)17/h2-5,8-12H,6-7,18H2,1H3. The Morgan fingerprint density at radius 1 is 1.06 bits per heavy atom. The van der Waals surface area contributed by atoms with Gasteiger partial charge in [-0.1, -0.05) is 54.1 Å². The third-order valence-corrected chi connectivity index (χ3v) is 3.36. The Balaban J connectivity index is 2.15. The van der Waals surface area contributed by atoms with E-state index in [1.807, 2.05) is 31.2 Å². The molecule has 2 aromatic carbocycles. The van der Waals surface area contributed by atoms with Crippen LogP contribution in [-0.4, -0.2) is 6.04 Å². The molecule has 0 aliphatic heterocycles. The molecule has 0 saturated carbocycles. The van der Waals surface area contributed by atoms with Gasteiger partial charge >= 0.3 is 0 Å². The Bertz CT molecular complexity index is 503. The molecule has 2 N–H and O–H groups in total. The third kappa shape index (κ3) is 3.34. The molecule has 0 radical (unpaired) electrons. The van der Waals surface area contributed by atoms with E-state index in [9.17, 15) is 0 Å². The van der Waals surface area contributed by atoms with Crippen LogP contribution in [0.1, 0.15) is 18.9 Å². The predicted molar refractivity (Wildman–Crippen MR) is 78.9 cm³/mol. The number of nitrogens with two attached hydrogens (primary N) is 1. The first-order valence-electron chi connectivity index (χ1n) is 6.26. The Labute approximate surface area is 114 Å². The van der Waals surface area contributed by atoms with Crippen molar-refractivity contribution in [3.8, 4) is 11.1 Å². The number of hydrogen-bond donors (Lipinski definition) is 1. The summed E-state index contributed by atoms with van der Waals surface area (Å²) < 4.78 is 0. The molecule has 0 fully saturated rings. The fourth-order valence-electron chi connectivity index (χ4n) is 1.94. The van der Waals surface area contributed by atoms with Crippen LogP contribution in [0.2, 0.25) is 5.02 Å². The zero-order valence-corrected chi connectivity index (χ0v) is 11.3. The Kier molecular flexibility index (Phi) is 4.40. The number of aryl methyl sites for hydroxylation is 1. The molecule has 1 atom stereocenters. The molecule has 0 heterocycles. The van der Waals surface area contributed by atoms with Gasteiger partial charge in [0.05, 0.1) is 0 Å². The second-order valence-electron chi connectivity index (χ2n) is 4.69. The van der Waals surface area contributed by atoms with Crippen molar-refractivity contribution in [2.45, 2.75) is 25.8 Å². The van der Waals surface area contributed by atoms with Gasteiger partial charge in [0.2, 0.25) is 0 Å². The van der Waals surface area contributed by atoms with Gasteiger partial charge < -0.3 is 5.73 Å². The summed E-state index contributed by atoms with van der Waals surface area (Å²) in [6.45, 7) is 2.04. The van der Waals surface area contributed by atoms with E-state index in [0.29, 0.717) is 0 Å². The van der Waals surface area contributed by atoms with Gasteiger partial charge in [0.1, 0.15) is 0 Å². The van der Waals surface area contributed by atoms with Crippen LogP contribution in [0.25, 0.3) is 11.1 Å². The van der Waals surface area contributed by atoms with Crippen LogP contribution < -0.4 is 5.73 Å². The molecule has 1 nitrogen and oxygen atoms in total. The number of hydrogen-bond acceptors (Lipinski definition) is 1. The molecule has 0 aliphatic rings. The third-order valence-electron chi connectivity index (χ3n) is 3.03. The fraction of sp³-hybridized carbons (Fsp3) is 0.250. The van der Waals surface area contributed by atoms with E-state index in [2.05, 4.69) is 24.3 Å². The van der Waals surface area contributed by atoms with Crippen LogP contribution in [0.3, 0.4) is 0 Å². The summed E-state index contributed by atoms with van der Waals surface area (Å²) in [5.41, 5.74) is 9.32. The summed E-state index contributed by atoms with van der Waals surface area (Å²) in [5.74, 6) is 0. The largest absolute Gasteiger partial charge is 0.328 e. The first kappa shape index (κ1) is 13.1. The lowest BCUT2D eigenvalue weighted by atomic mass is 10.0. The van der Waals surface area contributed by atoms with Gasteiger partial charge in [-0.2, -0.15) is 0 Å². The summed E-state index contributed by atoms with van der Waals surface area (Å²) in [4.78, 5) is 0. The monoisotopic (exact) mass is 259 g/mol. The van der Waals surface area contributed by atoms with Gasteiger partial charge in [-0.25, -0.2) is 0 Å². The Morgan fingerprint density at radius 3 is 2.33 bits per heavy atom. The van der Waals surface area contributed by atoms with Gasteiger partial charge in [-0.3, -0.25) is 0 Å². The van der Waals surface area contributed by atoms with Crippen LogP contribution in [0.4, 0.5) is 0 Å². The van der Waals surface area contributed by atoms with Crippen molar-refractivity contribution < 1.29 is 0 Å². The van der Waals surface area contributed by atoms with E-state index in [1.165, 1.54) is 5.56 Å². The lowest BCUT2D eigenvalue weighted by Crippen LogP contribution is -2.15. The maximum absolute atomic E-state index is 6.18. The Hall–Kier alpha value is -1.31. The lowest BCUT2D eigenvalue weighted by Gasteiger charge is -2.07. The van der Waals surface area contributed by atoms with E-state index in [0.717, 1.165) is 29.0 Å². The number of halogens is 1. The van der Waals surface area contributed by atoms with Crippen LogP contribution in [0, 0.1) is 0 Å². The average molecular weight is 260 g/mol. The molecule has 0 amide bonds.